The molecule has 1 heterocycles. The minimum atomic E-state index is -0.537. The Balaban J connectivity index is 0.000000492. The Hall–Kier alpha value is -1.58. The number of pyridine rings is 1. The van der Waals surface area contributed by atoms with Crippen molar-refractivity contribution in [3.8, 4) is 0 Å². The van der Waals surface area contributed by atoms with Crippen molar-refractivity contribution in [3.63, 3.8) is 0 Å². The molecule has 0 saturated heterocycles. The predicted octanol–water partition coefficient (Wildman–Crippen LogP) is 2.62. The van der Waals surface area contributed by atoms with Gasteiger partial charge >= 0.3 is 0 Å². The van der Waals surface area contributed by atoms with Crippen LogP contribution in [0.15, 0.2) is 6.07 Å². The second-order valence-electron chi connectivity index (χ2n) is 4.66. The van der Waals surface area contributed by atoms with Crippen molar-refractivity contribution in [1.82, 2.24) is 4.98 Å². The lowest BCUT2D eigenvalue weighted by Crippen LogP contribution is -2.17. The molecule has 0 unspecified atom stereocenters. The fraction of sp³-hybridized carbons (Fsp3) is 0.571. The zero-order valence-corrected chi connectivity index (χ0v) is 11.5. The van der Waals surface area contributed by atoms with Gasteiger partial charge in [0.05, 0.1) is 5.69 Å². The number of nitrogens with zero attached hydrogens (tertiary/aromatic N) is 1. The molecule has 1 aromatic heterocycles. The SMILES string of the molecule is CCC.CCc1cc(C2CC2)c(N)c(C(N)=O)n1. The van der Waals surface area contributed by atoms with E-state index in [0.29, 0.717) is 11.6 Å². The van der Waals surface area contributed by atoms with Gasteiger partial charge in [-0.05, 0) is 36.8 Å². The monoisotopic (exact) mass is 249 g/mol. The number of anilines is 1. The van der Waals surface area contributed by atoms with Crippen molar-refractivity contribution in [2.75, 3.05) is 5.73 Å². The minimum Gasteiger partial charge on any atom is -0.397 e. The molecule has 4 nitrogen and oxygen atoms in total. The summed E-state index contributed by atoms with van der Waals surface area (Å²) in [7, 11) is 0. The molecule has 0 aromatic carbocycles. The van der Waals surface area contributed by atoms with Gasteiger partial charge in [0, 0.05) is 5.69 Å². The van der Waals surface area contributed by atoms with Gasteiger partial charge in [0.25, 0.3) is 5.91 Å². The average molecular weight is 249 g/mol. The Morgan fingerprint density at radius 1 is 1.39 bits per heavy atom. The van der Waals surface area contributed by atoms with Gasteiger partial charge in [-0.1, -0.05) is 27.2 Å². The summed E-state index contributed by atoms with van der Waals surface area (Å²) in [4.78, 5) is 15.3. The normalized spacial score (nSPS) is 13.7. The van der Waals surface area contributed by atoms with Crippen LogP contribution in [0.25, 0.3) is 0 Å². The van der Waals surface area contributed by atoms with E-state index in [0.717, 1.165) is 30.5 Å². The number of amides is 1. The lowest BCUT2D eigenvalue weighted by molar-refractivity contribution is 0.0996. The summed E-state index contributed by atoms with van der Waals surface area (Å²) in [5.41, 5.74) is 13.8. The fourth-order valence-corrected chi connectivity index (χ4v) is 1.73. The molecule has 1 fully saturated rings. The van der Waals surface area contributed by atoms with Crippen LogP contribution in [0.1, 0.15) is 67.7 Å². The van der Waals surface area contributed by atoms with E-state index >= 15 is 0 Å². The van der Waals surface area contributed by atoms with E-state index < -0.39 is 5.91 Å². The molecule has 0 spiro atoms. The topological polar surface area (TPSA) is 82.0 Å². The number of aryl methyl sites for hydroxylation is 1. The van der Waals surface area contributed by atoms with Crippen molar-refractivity contribution in [3.05, 3.63) is 23.0 Å². The zero-order chi connectivity index (χ0) is 13.7. The molecule has 1 aromatic rings. The molecule has 0 radical (unpaired) electrons. The van der Waals surface area contributed by atoms with Crippen LogP contribution in [-0.4, -0.2) is 10.9 Å². The first-order chi connectivity index (χ1) is 8.54. The van der Waals surface area contributed by atoms with Crippen LogP contribution in [0.4, 0.5) is 5.69 Å². The second-order valence-corrected chi connectivity index (χ2v) is 4.66. The Morgan fingerprint density at radius 3 is 2.33 bits per heavy atom. The van der Waals surface area contributed by atoms with Gasteiger partial charge in [-0.15, -0.1) is 0 Å². The number of rotatable bonds is 3. The van der Waals surface area contributed by atoms with E-state index in [-0.39, 0.29) is 5.69 Å². The molecule has 18 heavy (non-hydrogen) atoms. The molecule has 4 N–H and O–H groups in total. The summed E-state index contributed by atoms with van der Waals surface area (Å²) in [6, 6.07) is 2.00. The Kier molecular flexibility index (Phi) is 5.13. The molecule has 0 bridgehead atoms. The van der Waals surface area contributed by atoms with Crippen LogP contribution in [0, 0.1) is 0 Å². The standard InChI is InChI=1S/C11H15N3O.C3H8/c1-2-7-5-8(6-3-4-6)9(12)10(14-7)11(13)15;1-3-2/h5-6H,2-4,12H2,1H3,(H2,13,15);3H2,1-2H3. The molecule has 0 aliphatic heterocycles. The van der Waals surface area contributed by atoms with Gasteiger partial charge in [-0.2, -0.15) is 0 Å². The number of primary amides is 1. The molecular formula is C14H23N3O. The van der Waals surface area contributed by atoms with E-state index in [9.17, 15) is 4.79 Å². The Labute approximate surface area is 109 Å². The lowest BCUT2D eigenvalue weighted by Gasteiger charge is -2.09. The van der Waals surface area contributed by atoms with Crippen molar-refractivity contribution in [1.29, 1.82) is 0 Å². The summed E-state index contributed by atoms with van der Waals surface area (Å²) >= 11 is 0. The summed E-state index contributed by atoms with van der Waals surface area (Å²) < 4.78 is 0. The van der Waals surface area contributed by atoms with Gasteiger partial charge in [-0.25, -0.2) is 4.98 Å². The number of nitrogen functional groups attached to an aromatic ring is 1. The zero-order valence-electron chi connectivity index (χ0n) is 11.5. The van der Waals surface area contributed by atoms with Crippen molar-refractivity contribution < 1.29 is 4.79 Å². The first-order valence-corrected chi connectivity index (χ1v) is 6.64. The smallest absolute Gasteiger partial charge is 0.269 e. The number of hydrogen-bond donors (Lipinski definition) is 2. The quantitative estimate of drug-likeness (QED) is 0.863. The van der Waals surface area contributed by atoms with E-state index in [4.69, 9.17) is 11.5 Å². The maximum absolute atomic E-state index is 11.2. The van der Waals surface area contributed by atoms with E-state index in [1.54, 1.807) is 0 Å². The predicted molar refractivity (Wildman–Crippen MR) is 74.5 cm³/mol. The van der Waals surface area contributed by atoms with Crippen molar-refractivity contribution in [2.45, 2.75) is 52.4 Å². The van der Waals surface area contributed by atoms with Crippen LogP contribution in [0.5, 0.6) is 0 Å². The molecule has 0 atom stereocenters. The number of hydrogen-bond acceptors (Lipinski definition) is 3. The number of aromatic nitrogens is 1. The Bertz CT molecular complexity index is 425. The third-order valence-corrected chi connectivity index (χ3v) is 2.76. The maximum atomic E-state index is 11.2. The van der Waals surface area contributed by atoms with Crippen LogP contribution >= 0.6 is 0 Å². The highest BCUT2D eigenvalue weighted by atomic mass is 16.1. The van der Waals surface area contributed by atoms with Gasteiger partial charge in [0.15, 0.2) is 5.69 Å². The summed E-state index contributed by atoms with van der Waals surface area (Å²) in [5.74, 6) is -0.0268. The number of carbonyl (C=O) groups excluding carboxylic acids is 1. The third kappa shape index (κ3) is 3.45. The van der Waals surface area contributed by atoms with E-state index in [1.165, 1.54) is 6.42 Å². The largest absolute Gasteiger partial charge is 0.397 e. The minimum absolute atomic E-state index is 0.233. The highest BCUT2D eigenvalue weighted by Crippen LogP contribution is 2.43. The number of carbonyl (C=O) groups is 1. The molecule has 4 heteroatoms. The van der Waals surface area contributed by atoms with Gasteiger partial charge in [0.2, 0.25) is 0 Å². The van der Waals surface area contributed by atoms with Crippen LogP contribution in [-0.2, 0) is 6.42 Å². The first-order valence-electron chi connectivity index (χ1n) is 6.64. The van der Waals surface area contributed by atoms with E-state index in [2.05, 4.69) is 18.8 Å². The lowest BCUT2D eigenvalue weighted by atomic mass is 10.1. The highest BCUT2D eigenvalue weighted by molar-refractivity contribution is 5.96. The average Bonchev–Trinajstić information content (AvgIpc) is 3.14. The second kappa shape index (κ2) is 6.38. The first kappa shape index (κ1) is 14.5. The summed E-state index contributed by atoms with van der Waals surface area (Å²) in [6.45, 7) is 6.25. The van der Waals surface area contributed by atoms with Crippen LogP contribution < -0.4 is 11.5 Å². The molecule has 1 amide bonds. The molecular weight excluding hydrogens is 226 g/mol. The Morgan fingerprint density at radius 2 is 1.94 bits per heavy atom. The summed E-state index contributed by atoms with van der Waals surface area (Å²) in [6.07, 6.45) is 4.34. The molecule has 1 aliphatic rings. The van der Waals surface area contributed by atoms with Crippen molar-refractivity contribution in [2.24, 2.45) is 5.73 Å². The van der Waals surface area contributed by atoms with Gasteiger partial charge in [-0.3, -0.25) is 4.79 Å². The molecule has 2 rings (SSSR count). The van der Waals surface area contributed by atoms with Gasteiger partial charge < -0.3 is 11.5 Å². The highest BCUT2D eigenvalue weighted by Gasteiger charge is 2.28. The fourth-order valence-electron chi connectivity index (χ4n) is 1.73. The maximum Gasteiger partial charge on any atom is 0.269 e. The molecule has 1 saturated carbocycles. The molecule has 100 valence electrons. The van der Waals surface area contributed by atoms with Crippen molar-refractivity contribution >= 4 is 11.6 Å². The van der Waals surface area contributed by atoms with E-state index in [1.807, 2.05) is 13.0 Å². The van der Waals surface area contributed by atoms with Gasteiger partial charge in [0.1, 0.15) is 0 Å². The van der Waals surface area contributed by atoms with Crippen LogP contribution in [0.2, 0.25) is 0 Å². The number of nitrogens with two attached hydrogens (primary N) is 2. The molecule has 1 aliphatic carbocycles. The summed E-state index contributed by atoms with van der Waals surface area (Å²) in [5, 5.41) is 0. The van der Waals surface area contributed by atoms with Crippen LogP contribution in [0.3, 0.4) is 0 Å². The third-order valence-electron chi connectivity index (χ3n) is 2.76.